The summed E-state index contributed by atoms with van der Waals surface area (Å²) in [4.78, 5) is 14.9. The minimum absolute atomic E-state index is 0.0109. The lowest BCUT2D eigenvalue weighted by atomic mass is 10.2. The van der Waals surface area contributed by atoms with Gasteiger partial charge in [-0.15, -0.1) is 0 Å². The molecule has 3 rings (SSSR count). The van der Waals surface area contributed by atoms with Crippen molar-refractivity contribution in [2.24, 2.45) is 0 Å². The molecule has 1 N–H and O–H groups in total. The summed E-state index contributed by atoms with van der Waals surface area (Å²) >= 11 is 0. The number of nitrogens with one attached hydrogen (secondary N) is 1. The largest absolute Gasteiger partial charge is 0.322 e. The van der Waals surface area contributed by atoms with E-state index in [1.54, 1.807) is 0 Å². The number of carbonyl (C=O) groups is 1. The molecule has 2 aromatic carbocycles. The van der Waals surface area contributed by atoms with Crippen molar-refractivity contribution < 1.29 is 4.79 Å². The molecule has 0 aliphatic heterocycles. The summed E-state index contributed by atoms with van der Waals surface area (Å²) in [7, 11) is 0. The smallest absolute Gasteiger partial charge is 0.238 e. The van der Waals surface area contributed by atoms with Gasteiger partial charge in [0.15, 0.2) is 0 Å². The summed E-state index contributed by atoms with van der Waals surface area (Å²) in [6.45, 7) is 8.05. The van der Waals surface area contributed by atoms with Gasteiger partial charge in [-0.25, -0.2) is 4.68 Å². The van der Waals surface area contributed by atoms with Crippen molar-refractivity contribution in [2.75, 3.05) is 18.4 Å². The fraction of sp³-hybridized carbons (Fsp3) is 0.304. The molecule has 1 amide bonds. The van der Waals surface area contributed by atoms with Gasteiger partial charge in [-0.3, -0.25) is 9.69 Å². The number of nitrogens with zero attached hydrogens (tertiary/aromatic N) is 3. The van der Waals surface area contributed by atoms with E-state index < -0.39 is 0 Å². The van der Waals surface area contributed by atoms with Crippen LogP contribution in [0.2, 0.25) is 0 Å². The second-order valence-corrected chi connectivity index (χ2v) is 7.04. The first kappa shape index (κ1) is 19.8. The maximum absolute atomic E-state index is 12.7. The Labute approximate surface area is 167 Å². The molecule has 1 heterocycles. The van der Waals surface area contributed by atoms with Crippen LogP contribution in [0.4, 0.5) is 5.69 Å². The highest BCUT2D eigenvalue weighted by Gasteiger charge is 2.17. The van der Waals surface area contributed by atoms with Crippen LogP contribution in [0.3, 0.4) is 0 Å². The van der Waals surface area contributed by atoms with Crippen LogP contribution in [0.25, 0.3) is 5.69 Å². The van der Waals surface area contributed by atoms with Crippen LogP contribution in [0.15, 0.2) is 60.7 Å². The number of anilines is 1. The number of aromatic nitrogens is 2. The Kier molecular flexibility index (Phi) is 6.61. The number of para-hydroxylation sites is 1. The Balaban J connectivity index is 1.70. The van der Waals surface area contributed by atoms with Gasteiger partial charge in [-0.2, -0.15) is 5.10 Å². The average Bonchev–Trinajstić information content (AvgIpc) is 2.98. The minimum atomic E-state index is -0.0109. The second kappa shape index (κ2) is 9.33. The molecule has 1 aromatic heterocycles. The van der Waals surface area contributed by atoms with Crippen LogP contribution in [0.1, 0.15) is 30.3 Å². The van der Waals surface area contributed by atoms with Crippen molar-refractivity contribution >= 4 is 11.6 Å². The standard InChI is InChI=1S/C23H28N4O/c1-4-15-26(16-20-11-7-5-8-12-20)17-22(28)24-23-18(2)25-27(19(23)3)21-13-9-6-10-14-21/h5-14H,4,15-17H2,1-3H3,(H,24,28). The molecule has 0 saturated heterocycles. The number of hydrogen-bond acceptors (Lipinski definition) is 3. The van der Waals surface area contributed by atoms with Crippen LogP contribution in [-0.2, 0) is 11.3 Å². The lowest BCUT2D eigenvalue weighted by Gasteiger charge is -2.21. The van der Waals surface area contributed by atoms with E-state index in [9.17, 15) is 4.79 Å². The van der Waals surface area contributed by atoms with E-state index >= 15 is 0 Å². The third-order valence-electron chi connectivity index (χ3n) is 4.71. The first-order valence-electron chi connectivity index (χ1n) is 9.76. The Morgan fingerprint density at radius 1 is 1.04 bits per heavy atom. The van der Waals surface area contributed by atoms with E-state index in [1.165, 1.54) is 5.56 Å². The Morgan fingerprint density at radius 3 is 2.32 bits per heavy atom. The van der Waals surface area contributed by atoms with Gasteiger partial charge in [-0.05, 0) is 44.5 Å². The Hall–Kier alpha value is -2.92. The molecule has 0 radical (unpaired) electrons. The van der Waals surface area contributed by atoms with Crippen molar-refractivity contribution in [1.82, 2.24) is 14.7 Å². The fourth-order valence-corrected chi connectivity index (χ4v) is 3.40. The van der Waals surface area contributed by atoms with Crippen LogP contribution >= 0.6 is 0 Å². The summed E-state index contributed by atoms with van der Waals surface area (Å²) < 4.78 is 1.87. The molecule has 0 spiro atoms. The van der Waals surface area contributed by atoms with Gasteiger partial charge < -0.3 is 5.32 Å². The number of hydrogen-bond donors (Lipinski definition) is 1. The van der Waals surface area contributed by atoms with Crippen molar-refractivity contribution in [2.45, 2.75) is 33.7 Å². The van der Waals surface area contributed by atoms with Gasteiger partial charge in [0.2, 0.25) is 5.91 Å². The number of rotatable bonds is 8. The van der Waals surface area contributed by atoms with Gasteiger partial charge in [0.25, 0.3) is 0 Å². The molecule has 0 saturated carbocycles. The lowest BCUT2D eigenvalue weighted by molar-refractivity contribution is -0.117. The number of benzene rings is 2. The summed E-state index contributed by atoms with van der Waals surface area (Å²) in [5, 5.41) is 7.68. The molecular formula is C23H28N4O. The zero-order valence-electron chi connectivity index (χ0n) is 16.9. The highest BCUT2D eigenvalue weighted by molar-refractivity contribution is 5.93. The Bertz CT molecular complexity index is 903. The fourth-order valence-electron chi connectivity index (χ4n) is 3.40. The SMILES string of the molecule is CCCN(CC(=O)Nc1c(C)nn(-c2ccccc2)c1C)Cc1ccccc1. The van der Waals surface area contributed by atoms with Gasteiger partial charge in [0.1, 0.15) is 0 Å². The number of aryl methyl sites for hydroxylation is 1. The lowest BCUT2D eigenvalue weighted by Crippen LogP contribution is -2.33. The number of amides is 1. The van der Waals surface area contributed by atoms with Crippen molar-refractivity contribution in [3.05, 3.63) is 77.6 Å². The molecule has 5 heteroatoms. The second-order valence-electron chi connectivity index (χ2n) is 7.04. The number of carbonyl (C=O) groups excluding carboxylic acids is 1. The highest BCUT2D eigenvalue weighted by Crippen LogP contribution is 2.22. The predicted molar refractivity (Wildman–Crippen MR) is 114 cm³/mol. The van der Waals surface area contributed by atoms with Crippen molar-refractivity contribution in [3.63, 3.8) is 0 Å². The maximum Gasteiger partial charge on any atom is 0.238 e. The topological polar surface area (TPSA) is 50.2 Å². The van der Waals surface area contributed by atoms with Gasteiger partial charge >= 0.3 is 0 Å². The molecule has 0 unspecified atom stereocenters. The van der Waals surface area contributed by atoms with Crippen LogP contribution < -0.4 is 5.32 Å². The van der Waals surface area contributed by atoms with Crippen molar-refractivity contribution in [1.29, 1.82) is 0 Å². The molecule has 5 nitrogen and oxygen atoms in total. The quantitative estimate of drug-likeness (QED) is 0.636. The summed E-state index contributed by atoms with van der Waals surface area (Å²) in [6.07, 6.45) is 1.00. The highest BCUT2D eigenvalue weighted by atomic mass is 16.2. The summed E-state index contributed by atoms with van der Waals surface area (Å²) in [5.74, 6) is -0.0109. The average molecular weight is 377 g/mol. The molecule has 3 aromatic rings. The monoisotopic (exact) mass is 376 g/mol. The molecule has 146 valence electrons. The van der Waals surface area contributed by atoms with Crippen LogP contribution in [0, 0.1) is 13.8 Å². The van der Waals surface area contributed by atoms with E-state index in [-0.39, 0.29) is 5.91 Å². The third kappa shape index (κ3) is 4.87. The summed E-state index contributed by atoms with van der Waals surface area (Å²) in [6, 6.07) is 20.2. The van der Waals surface area contributed by atoms with Crippen LogP contribution in [-0.4, -0.2) is 33.7 Å². The zero-order valence-corrected chi connectivity index (χ0v) is 16.9. The Morgan fingerprint density at radius 2 is 1.68 bits per heavy atom. The zero-order chi connectivity index (χ0) is 19.9. The normalized spacial score (nSPS) is 11.0. The molecule has 0 atom stereocenters. The van der Waals surface area contributed by atoms with Gasteiger partial charge in [-0.1, -0.05) is 55.5 Å². The molecule has 0 aliphatic rings. The predicted octanol–water partition coefficient (Wildman–Crippen LogP) is 4.34. The van der Waals surface area contributed by atoms with E-state index in [2.05, 4.69) is 34.4 Å². The van der Waals surface area contributed by atoms with Crippen molar-refractivity contribution in [3.8, 4) is 5.69 Å². The van der Waals surface area contributed by atoms with Crippen LogP contribution in [0.5, 0.6) is 0 Å². The summed E-state index contributed by atoms with van der Waals surface area (Å²) in [5.41, 5.74) is 4.75. The molecular weight excluding hydrogens is 348 g/mol. The molecule has 0 fully saturated rings. The van der Waals surface area contributed by atoms with E-state index in [1.807, 2.05) is 67.1 Å². The van der Waals surface area contributed by atoms with E-state index in [4.69, 9.17) is 0 Å². The first-order chi connectivity index (χ1) is 13.6. The van der Waals surface area contributed by atoms with E-state index in [0.29, 0.717) is 6.54 Å². The molecule has 28 heavy (non-hydrogen) atoms. The molecule has 0 bridgehead atoms. The molecule has 0 aliphatic carbocycles. The first-order valence-corrected chi connectivity index (χ1v) is 9.76. The third-order valence-corrected chi connectivity index (χ3v) is 4.71. The van der Waals surface area contributed by atoms with Gasteiger partial charge in [0.05, 0.1) is 29.3 Å². The van der Waals surface area contributed by atoms with Gasteiger partial charge in [0, 0.05) is 6.54 Å². The maximum atomic E-state index is 12.7. The minimum Gasteiger partial charge on any atom is -0.322 e. The van der Waals surface area contributed by atoms with E-state index in [0.717, 1.165) is 42.3 Å².